The lowest BCUT2D eigenvalue weighted by Crippen LogP contribution is -2.28. The first-order chi connectivity index (χ1) is 9.29. The van der Waals surface area contributed by atoms with E-state index in [0.717, 1.165) is 0 Å². The summed E-state index contributed by atoms with van der Waals surface area (Å²) in [6.07, 6.45) is 0. The zero-order chi connectivity index (χ0) is 13.2. The molecule has 1 atom stereocenters. The van der Waals surface area contributed by atoms with Gasteiger partial charge in [-0.1, -0.05) is 48.0 Å². The lowest BCUT2D eigenvalue weighted by molar-refractivity contribution is 0.641. The van der Waals surface area contributed by atoms with Gasteiger partial charge in [-0.3, -0.25) is 5.84 Å². The fraction of sp³-hybridized carbons (Fsp3) is 0.125. The van der Waals surface area contributed by atoms with Crippen molar-refractivity contribution in [2.45, 2.75) is 13.0 Å². The molecule has 0 aliphatic carbocycles. The molecule has 0 fully saturated rings. The van der Waals surface area contributed by atoms with E-state index in [9.17, 15) is 0 Å². The maximum absolute atomic E-state index is 5.80. The average Bonchev–Trinajstić information content (AvgIpc) is 2.89. The smallest absolute Gasteiger partial charge is 0.0724 e. The van der Waals surface area contributed by atoms with E-state index >= 15 is 0 Å². The van der Waals surface area contributed by atoms with Crippen LogP contribution in [0.1, 0.15) is 22.7 Å². The Morgan fingerprint density at radius 3 is 2.74 bits per heavy atom. The van der Waals surface area contributed by atoms with E-state index in [2.05, 4.69) is 66.3 Å². The molecule has 0 amide bonds. The van der Waals surface area contributed by atoms with Crippen molar-refractivity contribution in [3.8, 4) is 0 Å². The second kappa shape index (κ2) is 5.13. The Hall–Kier alpha value is -1.68. The number of fused-ring (bicyclic) bond motifs is 1. The number of nitrogens with one attached hydrogen (secondary N) is 1. The van der Waals surface area contributed by atoms with Crippen LogP contribution in [0.5, 0.6) is 0 Å². The SMILES string of the molecule is Cc1cccc(C(NN)c2cccc3ccsc23)c1. The fourth-order valence-electron chi connectivity index (χ4n) is 2.46. The molecule has 0 aliphatic heterocycles. The Balaban J connectivity index is 2.14. The van der Waals surface area contributed by atoms with Crippen molar-refractivity contribution in [1.82, 2.24) is 5.43 Å². The number of hydrogen-bond donors (Lipinski definition) is 2. The molecule has 0 saturated heterocycles. The van der Waals surface area contributed by atoms with Crippen LogP contribution < -0.4 is 11.3 Å². The second-order valence-corrected chi connectivity index (χ2v) is 5.62. The number of hydrazine groups is 1. The summed E-state index contributed by atoms with van der Waals surface area (Å²) in [6.45, 7) is 2.10. The third-order valence-corrected chi connectivity index (χ3v) is 4.34. The molecule has 3 heteroatoms. The van der Waals surface area contributed by atoms with Gasteiger partial charge in [0.1, 0.15) is 0 Å². The summed E-state index contributed by atoms with van der Waals surface area (Å²) in [5, 5.41) is 3.40. The number of hydrogen-bond acceptors (Lipinski definition) is 3. The maximum Gasteiger partial charge on any atom is 0.0724 e. The van der Waals surface area contributed by atoms with Crippen molar-refractivity contribution in [2.75, 3.05) is 0 Å². The normalized spacial score (nSPS) is 12.7. The molecule has 0 spiro atoms. The standard InChI is InChI=1S/C16H16N2S/c1-11-4-2-6-13(10-11)15(18-17)14-7-3-5-12-8-9-19-16(12)14/h2-10,15,18H,17H2,1H3. The van der Waals surface area contributed by atoms with Gasteiger partial charge in [-0.2, -0.15) is 0 Å². The van der Waals surface area contributed by atoms with Gasteiger partial charge in [0.25, 0.3) is 0 Å². The van der Waals surface area contributed by atoms with Crippen LogP contribution in [0, 0.1) is 6.92 Å². The van der Waals surface area contributed by atoms with Crippen LogP contribution in [0.15, 0.2) is 53.9 Å². The molecule has 0 aliphatic rings. The highest BCUT2D eigenvalue weighted by Gasteiger charge is 2.15. The van der Waals surface area contributed by atoms with Gasteiger partial charge in [-0.05, 0) is 34.9 Å². The molecule has 0 saturated carbocycles. The maximum atomic E-state index is 5.80. The molecule has 1 heterocycles. The zero-order valence-corrected chi connectivity index (χ0v) is 11.6. The highest BCUT2D eigenvalue weighted by Crippen LogP contribution is 2.32. The van der Waals surface area contributed by atoms with E-state index in [1.807, 2.05) is 0 Å². The van der Waals surface area contributed by atoms with Crippen LogP contribution in [0.25, 0.3) is 10.1 Å². The molecular formula is C16H16N2S. The number of aryl methyl sites for hydroxylation is 1. The zero-order valence-electron chi connectivity index (χ0n) is 10.8. The van der Waals surface area contributed by atoms with Crippen LogP contribution in [0.2, 0.25) is 0 Å². The van der Waals surface area contributed by atoms with Crippen molar-refractivity contribution >= 4 is 21.4 Å². The van der Waals surface area contributed by atoms with E-state index in [-0.39, 0.29) is 6.04 Å². The van der Waals surface area contributed by atoms with Gasteiger partial charge >= 0.3 is 0 Å². The Kier molecular flexibility index (Phi) is 3.34. The summed E-state index contributed by atoms with van der Waals surface area (Å²) < 4.78 is 1.30. The van der Waals surface area contributed by atoms with Gasteiger partial charge in [0.15, 0.2) is 0 Å². The third kappa shape index (κ3) is 2.28. The Morgan fingerprint density at radius 2 is 1.95 bits per heavy atom. The Morgan fingerprint density at radius 1 is 1.11 bits per heavy atom. The van der Waals surface area contributed by atoms with Crippen LogP contribution in [0.4, 0.5) is 0 Å². The van der Waals surface area contributed by atoms with Gasteiger partial charge in [0, 0.05) is 4.70 Å². The van der Waals surface area contributed by atoms with Gasteiger partial charge < -0.3 is 0 Å². The summed E-state index contributed by atoms with van der Waals surface area (Å²) in [6, 6.07) is 17.0. The predicted octanol–water partition coefficient (Wildman–Crippen LogP) is 3.76. The lowest BCUT2D eigenvalue weighted by Gasteiger charge is -2.18. The molecule has 3 rings (SSSR count). The van der Waals surface area contributed by atoms with E-state index < -0.39 is 0 Å². The van der Waals surface area contributed by atoms with Crippen LogP contribution >= 0.6 is 11.3 Å². The first kappa shape index (κ1) is 12.4. The van der Waals surface area contributed by atoms with Crippen molar-refractivity contribution in [1.29, 1.82) is 0 Å². The van der Waals surface area contributed by atoms with Gasteiger partial charge in [0.05, 0.1) is 6.04 Å². The van der Waals surface area contributed by atoms with Crippen LogP contribution in [0.3, 0.4) is 0 Å². The van der Waals surface area contributed by atoms with Gasteiger partial charge in [-0.15, -0.1) is 11.3 Å². The Labute approximate surface area is 116 Å². The molecule has 1 unspecified atom stereocenters. The van der Waals surface area contributed by atoms with E-state index in [4.69, 9.17) is 5.84 Å². The first-order valence-electron chi connectivity index (χ1n) is 6.28. The highest BCUT2D eigenvalue weighted by atomic mass is 32.1. The van der Waals surface area contributed by atoms with Gasteiger partial charge in [0.2, 0.25) is 0 Å². The topological polar surface area (TPSA) is 38.0 Å². The second-order valence-electron chi connectivity index (χ2n) is 4.70. The van der Waals surface area contributed by atoms with Gasteiger partial charge in [-0.25, -0.2) is 5.43 Å². The quantitative estimate of drug-likeness (QED) is 0.560. The molecular weight excluding hydrogens is 252 g/mol. The average molecular weight is 268 g/mol. The minimum absolute atomic E-state index is 0.0299. The van der Waals surface area contributed by atoms with Crippen LogP contribution in [-0.4, -0.2) is 0 Å². The summed E-state index contributed by atoms with van der Waals surface area (Å²) >= 11 is 1.76. The molecule has 2 nitrogen and oxygen atoms in total. The monoisotopic (exact) mass is 268 g/mol. The van der Waals surface area contributed by atoms with E-state index in [1.54, 1.807) is 11.3 Å². The largest absolute Gasteiger partial charge is 0.271 e. The summed E-state index contributed by atoms with van der Waals surface area (Å²) in [4.78, 5) is 0. The molecule has 2 aromatic carbocycles. The molecule has 0 radical (unpaired) electrons. The van der Waals surface area contributed by atoms with Crippen molar-refractivity contribution in [3.05, 3.63) is 70.6 Å². The molecule has 96 valence electrons. The van der Waals surface area contributed by atoms with Crippen molar-refractivity contribution in [3.63, 3.8) is 0 Å². The molecule has 3 N–H and O–H groups in total. The fourth-order valence-corrected chi connectivity index (χ4v) is 3.40. The molecule has 3 aromatic rings. The van der Waals surface area contributed by atoms with E-state index in [1.165, 1.54) is 26.8 Å². The number of benzene rings is 2. The number of nitrogens with two attached hydrogens (primary N) is 1. The summed E-state index contributed by atoms with van der Waals surface area (Å²) in [5.74, 6) is 5.80. The summed E-state index contributed by atoms with van der Waals surface area (Å²) in [7, 11) is 0. The number of thiophene rings is 1. The first-order valence-corrected chi connectivity index (χ1v) is 7.16. The molecule has 19 heavy (non-hydrogen) atoms. The Bertz CT molecular complexity index is 703. The van der Waals surface area contributed by atoms with E-state index in [0.29, 0.717) is 0 Å². The lowest BCUT2D eigenvalue weighted by atomic mass is 9.97. The molecule has 1 aromatic heterocycles. The third-order valence-electron chi connectivity index (χ3n) is 3.36. The highest BCUT2D eigenvalue weighted by molar-refractivity contribution is 7.17. The van der Waals surface area contributed by atoms with Crippen molar-refractivity contribution in [2.24, 2.45) is 5.84 Å². The number of rotatable bonds is 3. The van der Waals surface area contributed by atoms with Crippen LogP contribution in [-0.2, 0) is 0 Å². The molecule has 0 bridgehead atoms. The minimum Gasteiger partial charge on any atom is -0.271 e. The van der Waals surface area contributed by atoms with Crippen molar-refractivity contribution < 1.29 is 0 Å². The predicted molar refractivity (Wildman–Crippen MR) is 82.2 cm³/mol. The minimum atomic E-state index is 0.0299. The summed E-state index contributed by atoms with van der Waals surface area (Å²) in [5.41, 5.74) is 6.63.